The first-order valence-corrected chi connectivity index (χ1v) is 10.6. The van der Waals surface area contributed by atoms with Crippen LogP contribution in [0.5, 0.6) is 0 Å². The third-order valence-corrected chi connectivity index (χ3v) is 5.14. The summed E-state index contributed by atoms with van der Waals surface area (Å²) in [6.45, 7) is 6.70. The number of nitrogens with one attached hydrogen (secondary N) is 1. The summed E-state index contributed by atoms with van der Waals surface area (Å²) in [4.78, 5) is 38.5. The van der Waals surface area contributed by atoms with Crippen LogP contribution < -0.4 is 5.32 Å². The van der Waals surface area contributed by atoms with Gasteiger partial charge >= 0.3 is 12.1 Å². The second-order valence-electron chi connectivity index (χ2n) is 8.78. The van der Waals surface area contributed by atoms with E-state index >= 15 is 0 Å². The molecule has 166 valence electrons. The predicted molar refractivity (Wildman–Crippen MR) is 114 cm³/mol. The Balaban J connectivity index is 1.83. The first-order valence-electron chi connectivity index (χ1n) is 10.6. The third-order valence-electron chi connectivity index (χ3n) is 5.14. The molecule has 0 radical (unpaired) electrons. The average Bonchev–Trinajstić information content (AvgIpc) is 2.71. The number of rotatable bonds is 7. The van der Waals surface area contributed by atoms with E-state index in [0.29, 0.717) is 32.4 Å². The van der Waals surface area contributed by atoms with Crippen LogP contribution in [0.1, 0.15) is 52.0 Å². The Morgan fingerprint density at radius 1 is 1.13 bits per heavy atom. The van der Waals surface area contributed by atoms with Crippen LogP contribution in [0.15, 0.2) is 30.3 Å². The van der Waals surface area contributed by atoms with E-state index in [1.807, 2.05) is 51.1 Å². The number of hydrogen-bond donors (Lipinski definition) is 1. The van der Waals surface area contributed by atoms with Crippen molar-refractivity contribution >= 4 is 18.0 Å². The van der Waals surface area contributed by atoms with E-state index in [1.54, 1.807) is 4.90 Å². The van der Waals surface area contributed by atoms with Crippen LogP contribution in [0.3, 0.4) is 0 Å². The number of carbonyl (C=O) groups excluding carboxylic acids is 3. The van der Waals surface area contributed by atoms with E-state index in [-0.39, 0.29) is 17.9 Å². The summed E-state index contributed by atoms with van der Waals surface area (Å²) in [7, 11) is 1.33. The number of ether oxygens (including phenoxy) is 2. The Bertz CT molecular complexity index is 706. The number of aryl methyl sites for hydroxylation is 1. The summed E-state index contributed by atoms with van der Waals surface area (Å²) in [5, 5.41) is 2.83. The van der Waals surface area contributed by atoms with Crippen molar-refractivity contribution < 1.29 is 23.9 Å². The minimum atomic E-state index is -0.670. The van der Waals surface area contributed by atoms with Crippen molar-refractivity contribution in [3.8, 4) is 0 Å². The lowest BCUT2D eigenvalue weighted by molar-refractivity contribution is -0.145. The number of piperidine rings is 1. The molecule has 0 aliphatic carbocycles. The molecule has 30 heavy (non-hydrogen) atoms. The highest BCUT2D eigenvalue weighted by Crippen LogP contribution is 2.24. The SMILES string of the molecule is COC(=O)[C@H](CC1CCN(C(=O)OC(C)(C)C)CC1)NC(=O)CCc1ccccc1. The Morgan fingerprint density at radius 3 is 2.33 bits per heavy atom. The number of amides is 2. The summed E-state index contributed by atoms with van der Waals surface area (Å²) >= 11 is 0. The van der Waals surface area contributed by atoms with Crippen molar-refractivity contribution in [2.75, 3.05) is 20.2 Å². The van der Waals surface area contributed by atoms with Crippen LogP contribution in [0.25, 0.3) is 0 Å². The predicted octanol–water partition coefficient (Wildman–Crippen LogP) is 3.31. The molecule has 0 bridgehead atoms. The van der Waals surface area contributed by atoms with Crippen LogP contribution in [0.2, 0.25) is 0 Å². The molecule has 1 aromatic carbocycles. The lowest BCUT2D eigenvalue weighted by Gasteiger charge is -2.34. The van der Waals surface area contributed by atoms with Gasteiger partial charge in [0.2, 0.25) is 5.91 Å². The summed E-state index contributed by atoms with van der Waals surface area (Å²) in [6, 6.07) is 9.09. The molecule has 2 rings (SSSR count). The molecule has 0 unspecified atom stereocenters. The van der Waals surface area contributed by atoms with Crippen LogP contribution >= 0.6 is 0 Å². The summed E-state index contributed by atoms with van der Waals surface area (Å²) in [5.74, 6) is -0.375. The second-order valence-corrected chi connectivity index (χ2v) is 8.78. The highest BCUT2D eigenvalue weighted by atomic mass is 16.6. The maximum absolute atomic E-state index is 12.4. The van der Waals surface area contributed by atoms with Gasteiger partial charge in [0.15, 0.2) is 0 Å². The molecule has 1 fully saturated rings. The van der Waals surface area contributed by atoms with E-state index in [9.17, 15) is 14.4 Å². The van der Waals surface area contributed by atoms with Crippen molar-refractivity contribution in [3.63, 3.8) is 0 Å². The number of carbonyl (C=O) groups is 3. The fourth-order valence-corrected chi connectivity index (χ4v) is 3.54. The molecule has 0 aromatic heterocycles. The van der Waals surface area contributed by atoms with Crippen molar-refractivity contribution in [3.05, 3.63) is 35.9 Å². The quantitative estimate of drug-likeness (QED) is 0.687. The molecule has 7 heteroatoms. The first-order chi connectivity index (χ1) is 14.2. The molecule has 0 saturated carbocycles. The van der Waals surface area contributed by atoms with Gasteiger partial charge < -0.3 is 19.7 Å². The van der Waals surface area contributed by atoms with Crippen molar-refractivity contribution in [1.29, 1.82) is 0 Å². The van der Waals surface area contributed by atoms with Gasteiger partial charge in [0.05, 0.1) is 7.11 Å². The number of esters is 1. The van der Waals surface area contributed by atoms with Crippen molar-refractivity contribution in [2.45, 2.75) is 64.5 Å². The Labute approximate surface area is 179 Å². The van der Waals surface area contributed by atoms with Gasteiger partial charge in [0.25, 0.3) is 0 Å². The molecule has 1 saturated heterocycles. The first kappa shape index (κ1) is 23.7. The third kappa shape index (κ3) is 8.05. The summed E-state index contributed by atoms with van der Waals surface area (Å²) in [5.41, 5.74) is 0.560. The largest absolute Gasteiger partial charge is 0.467 e. The Kier molecular flexibility index (Phi) is 8.69. The highest BCUT2D eigenvalue weighted by Gasteiger charge is 2.30. The van der Waals surface area contributed by atoms with Crippen LogP contribution in [0, 0.1) is 5.92 Å². The van der Waals surface area contributed by atoms with E-state index < -0.39 is 17.6 Å². The van der Waals surface area contributed by atoms with Gasteiger partial charge in [-0.05, 0) is 57.9 Å². The normalized spacial score (nSPS) is 15.9. The molecule has 1 atom stereocenters. The molecule has 1 N–H and O–H groups in total. The van der Waals surface area contributed by atoms with Gasteiger partial charge in [-0.25, -0.2) is 9.59 Å². The van der Waals surface area contributed by atoms with Gasteiger partial charge in [-0.2, -0.15) is 0 Å². The fourth-order valence-electron chi connectivity index (χ4n) is 3.54. The van der Waals surface area contributed by atoms with Crippen molar-refractivity contribution in [2.24, 2.45) is 5.92 Å². The molecule has 1 aliphatic rings. The molecule has 2 amide bonds. The zero-order chi connectivity index (χ0) is 22.1. The number of methoxy groups -OCH3 is 1. The van der Waals surface area contributed by atoms with E-state index in [4.69, 9.17) is 9.47 Å². The zero-order valence-electron chi connectivity index (χ0n) is 18.5. The minimum Gasteiger partial charge on any atom is -0.467 e. The standard InChI is InChI=1S/C23H34N2O5/c1-23(2,3)30-22(28)25-14-12-18(13-15-25)16-19(21(27)29-4)24-20(26)11-10-17-8-6-5-7-9-17/h5-9,18-19H,10-16H2,1-4H3,(H,24,26)/t19-/m0/s1. The molecule has 0 spiro atoms. The van der Waals surface area contributed by atoms with Crippen molar-refractivity contribution in [1.82, 2.24) is 10.2 Å². The Hall–Kier alpha value is -2.57. The van der Waals surface area contributed by atoms with Crippen LogP contribution in [-0.2, 0) is 25.5 Å². The number of hydrogen-bond acceptors (Lipinski definition) is 5. The van der Waals surface area contributed by atoms with E-state index in [1.165, 1.54) is 7.11 Å². The Morgan fingerprint density at radius 2 is 1.77 bits per heavy atom. The smallest absolute Gasteiger partial charge is 0.410 e. The average molecular weight is 419 g/mol. The highest BCUT2D eigenvalue weighted by molar-refractivity contribution is 5.84. The molecular weight excluding hydrogens is 384 g/mol. The number of benzene rings is 1. The van der Waals surface area contributed by atoms with Crippen LogP contribution in [-0.4, -0.2) is 54.7 Å². The summed E-state index contributed by atoms with van der Waals surface area (Å²) in [6.07, 6.45) is 2.65. The maximum atomic E-state index is 12.4. The van der Waals surface area contributed by atoms with Gasteiger partial charge in [-0.3, -0.25) is 4.79 Å². The molecular formula is C23H34N2O5. The maximum Gasteiger partial charge on any atom is 0.410 e. The van der Waals surface area contributed by atoms with E-state index in [0.717, 1.165) is 18.4 Å². The minimum absolute atomic E-state index is 0.166. The molecule has 1 aromatic rings. The lowest BCUT2D eigenvalue weighted by atomic mass is 9.90. The second kappa shape index (κ2) is 11.0. The topological polar surface area (TPSA) is 84.9 Å². The van der Waals surface area contributed by atoms with Gasteiger partial charge in [0.1, 0.15) is 11.6 Å². The lowest BCUT2D eigenvalue weighted by Crippen LogP contribution is -2.46. The van der Waals surface area contributed by atoms with Gasteiger partial charge in [-0.1, -0.05) is 30.3 Å². The van der Waals surface area contributed by atoms with Gasteiger partial charge in [-0.15, -0.1) is 0 Å². The molecule has 1 aliphatic heterocycles. The monoisotopic (exact) mass is 418 g/mol. The van der Waals surface area contributed by atoms with Crippen LogP contribution in [0.4, 0.5) is 4.79 Å². The number of likely N-dealkylation sites (tertiary alicyclic amines) is 1. The summed E-state index contributed by atoms with van der Waals surface area (Å²) < 4.78 is 10.3. The molecule has 7 nitrogen and oxygen atoms in total. The number of nitrogens with zero attached hydrogens (tertiary/aromatic N) is 1. The fraction of sp³-hybridized carbons (Fsp3) is 0.609. The van der Waals surface area contributed by atoms with Gasteiger partial charge in [0, 0.05) is 19.5 Å². The molecule has 1 heterocycles. The van der Waals surface area contributed by atoms with E-state index in [2.05, 4.69) is 5.32 Å². The zero-order valence-corrected chi connectivity index (χ0v) is 18.5.